The maximum Gasteiger partial charge on any atom is 0.337 e. The van der Waals surface area contributed by atoms with Crippen molar-refractivity contribution >= 4 is 40.8 Å². The second-order valence-electron chi connectivity index (χ2n) is 7.60. The van der Waals surface area contributed by atoms with Crippen molar-refractivity contribution in [2.24, 2.45) is 10.9 Å². The summed E-state index contributed by atoms with van der Waals surface area (Å²) in [7, 11) is 1.30. The highest BCUT2D eigenvalue weighted by Gasteiger charge is 2.35. The number of nitrogens with zero attached hydrogens (tertiary/aromatic N) is 2. The van der Waals surface area contributed by atoms with Crippen LogP contribution in [0.4, 0.5) is 0 Å². The lowest BCUT2D eigenvalue weighted by molar-refractivity contribution is -0.135. The van der Waals surface area contributed by atoms with Gasteiger partial charge in [-0.1, -0.05) is 37.8 Å². The molecule has 8 heteroatoms. The van der Waals surface area contributed by atoms with E-state index in [1.54, 1.807) is 12.2 Å². The van der Waals surface area contributed by atoms with Crippen molar-refractivity contribution in [1.29, 1.82) is 0 Å². The standard InChI is InChI=1S/C21H27N3O4S/c1-28-20(27)14-10-11-16-17(13-14)23-21(29)24(19(16)26)12-6-9-18(25)22-15-7-4-2-3-5-8-15/h10-11,13,15-16H,2-9,12H2,1H3,(H,22,25). The van der Waals surface area contributed by atoms with Gasteiger partial charge >= 0.3 is 5.97 Å². The van der Waals surface area contributed by atoms with Crippen molar-refractivity contribution in [3.05, 3.63) is 23.8 Å². The molecule has 3 rings (SSSR count). The maximum atomic E-state index is 12.8. The van der Waals surface area contributed by atoms with Crippen molar-refractivity contribution in [2.75, 3.05) is 13.7 Å². The van der Waals surface area contributed by atoms with E-state index in [9.17, 15) is 14.4 Å². The van der Waals surface area contributed by atoms with Crippen molar-refractivity contribution in [3.8, 4) is 0 Å². The Balaban J connectivity index is 1.53. The van der Waals surface area contributed by atoms with Crippen LogP contribution < -0.4 is 5.32 Å². The zero-order valence-electron chi connectivity index (χ0n) is 16.7. The molecule has 29 heavy (non-hydrogen) atoms. The third-order valence-electron chi connectivity index (χ3n) is 5.50. The Labute approximate surface area is 176 Å². The molecule has 0 aromatic carbocycles. The molecule has 0 bridgehead atoms. The Bertz CT molecular complexity index is 779. The third-order valence-corrected chi connectivity index (χ3v) is 5.82. The Morgan fingerprint density at radius 1 is 1.28 bits per heavy atom. The first-order valence-electron chi connectivity index (χ1n) is 10.2. The fourth-order valence-electron chi connectivity index (χ4n) is 3.91. The van der Waals surface area contributed by atoms with E-state index in [2.05, 4.69) is 10.3 Å². The highest BCUT2D eigenvalue weighted by atomic mass is 32.1. The highest BCUT2D eigenvalue weighted by molar-refractivity contribution is 7.80. The smallest absolute Gasteiger partial charge is 0.337 e. The minimum atomic E-state index is -0.560. The molecule has 2 aliphatic carbocycles. The molecule has 0 aromatic rings. The zero-order valence-corrected chi connectivity index (χ0v) is 17.5. The molecule has 3 aliphatic rings. The molecule has 0 spiro atoms. The second kappa shape index (κ2) is 9.91. The van der Waals surface area contributed by atoms with Crippen LogP contribution >= 0.6 is 12.2 Å². The van der Waals surface area contributed by atoms with Crippen LogP contribution in [0.2, 0.25) is 0 Å². The van der Waals surface area contributed by atoms with E-state index in [1.165, 1.54) is 43.8 Å². The number of carbonyl (C=O) groups excluding carboxylic acids is 3. The Hall–Kier alpha value is -2.35. The summed E-state index contributed by atoms with van der Waals surface area (Å²) >= 11 is 5.28. The number of methoxy groups -OCH3 is 1. The van der Waals surface area contributed by atoms with E-state index in [0.717, 1.165) is 12.8 Å². The number of rotatable bonds is 6. The van der Waals surface area contributed by atoms with Gasteiger partial charge in [-0.25, -0.2) is 9.79 Å². The molecule has 0 radical (unpaired) electrons. The summed E-state index contributed by atoms with van der Waals surface area (Å²) in [5.74, 6) is -1.20. The van der Waals surface area contributed by atoms with Crippen molar-refractivity contribution in [2.45, 2.75) is 57.4 Å². The summed E-state index contributed by atoms with van der Waals surface area (Å²) < 4.78 is 4.70. The van der Waals surface area contributed by atoms with Crippen molar-refractivity contribution < 1.29 is 19.1 Å². The van der Waals surface area contributed by atoms with E-state index in [-0.39, 0.29) is 23.0 Å². The molecule has 0 saturated heterocycles. The first-order valence-corrected chi connectivity index (χ1v) is 10.6. The Morgan fingerprint density at radius 3 is 2.69 bits per heavy atom. The molecule has 2 amide bonds. The van der Waals surface area contributed by atoms with E-state index < -0.39 is 11.9 Å². The molecule has 1 unspecified atom stereocenters. The van der Waals surface area contributed by atoms with Gasteiger partial charge in [-0.05, 0) is 37.6 Å². The lowest BCUT2D eigenvalue weighted by Crippen LogP contribution is -2.46. The van der Waals surface area contributed by atoms with Gasteiger partial charge in [-0.15, -0.1) is 0 Å². The molecule has 7 nitrogen and oxygen atoms in total. The van der Waals surface area contributed by atoms with Crippen LogP contribution in [0.25, 0.3) is 0 Å². The summed E-state index contributed by atoms with van der Waals surface area (Å²) in [6, 6.07) is 0.276. The molecule has 1 atom stereocenters. The number of nitrogens with one attached hydrogen (secondary N) is 1. The van der Waals surface area contributed by atoms with Crippen molar-refractivity contribution in [1.82, 2.24) is 10.2 Å². The van der Waals surface area contributed by atoms with Gasteiger partial charge in [0.15, 0.2) is 0 Å². The van der Waals surface area contributed by atoms with Gasteiger partial charge < -0.3 is 10.1 Å². The highest BCUT2D eigenvalue weighted by Crippen LogP contribution is 2.23. The number of allylic oxidation sites excluding steroid dienone is 1. The molecular weight excluding hydrogens is 390 g/mol. The topological polar surface area (TPSA) is 88.1 Å². The number of fused-ring (bicyclic) bond motifs is 1. The summed E-state index contributed by atoms with van der Waals surface area (Å²) in [6.07, 6.45) is 12.6. The second-order valence-corrected chi connectivity index (χ2v) is 7.96. The molecule has 1 fully saturated rings. The number of carbonyl (C=O) groups is 3. The normalized spacial score (nSPS) is 22.4. The average molecular weight is 418 g/mol. The summed E-state index contributed by atoms with van der Waals surface area (Å²) in [5, 5.41) is 3.29. The van der Waals surface area contributed by atoms with Crippen LogP contribution in [-0.4, -0.2) is 53.2 Å². The van der Waals surface area contributed by atoms with Crippen molar-refractivity contribution in [3.63, 3.8) is 0 Å². The van der Waals surface area contributed by atoms with Gasteiger partial charge in [-0.3, -0.25) is 14.5 Å². The number of amides is 2. The van der Waals surface area contributed by atoms with E-state index in [0.29, 0.717) is 30.7 Å². The lowest BCUT2D eigenvalue weighted by Gasteiger charge is -2.30. The summed E-state index contributed by atoms with van der Waals surface area (Å²) in [5.41, 5.74) is 0.784. The van der Waals surface area contributed by atoms with Crippen LogP contribution in [0, 0.1) is 5.92 Å². The fraction of sp³-hybridized carbons (Fsp3) is 0.571. The first-order chi connectivity index (χ1) is 14.0. The molecule has 1 saturated carbocycles. The van der Waals surface area contributed by atoms with E-state index >= 15 is 0 Å². The summed E-state index contributed by atoms with van der Waals surface area (Å²) in [6.45, 7) is 0.352. The van der Waals surface area contributed by atoms with Gasteiger partial charge in [0.2, 0.25) is 16.9 Å². The van der Waals surface area contributed by atoms with Gasteiger partial charge in [0.25, 0.3) is 0 Å². The van der Waals surface area contributed by atoms with Gasteiger partial charge in [0.05, 0.1) is 24.3 Å². The number of thiocarbonyl (C=S) groups is 1. The summed E-state index contributed by atoms with van der Waals surface area (Å²) in [4.78, 5) is 42.5. The predicted octanol–water partition coefficient (Wildman–Crippen LogP) is 2.46. The number of hydrogen-bond donors (Lipinski definition) is 1. The number of hydrogen-bond acceptors (Lipinski definition) is 5. The maximum absolute atomic E-state index is 12.8. The van der Waals surface area contributed by atoms with Gasteiger partial charge in [0, 0.05) is 19.0 Å². The zero-order chi connectivity index (χ0) is 20.8. The number of ether oxygens (including phenoxy) is 1. The fourth-order valence-corrected chi connectivity index (χ4v) is 4.20. The Morgan fingerprint density at radius 2 is 2.00 bits per heavy atom. The van der Waals surface area contributed by atoms with Crippen LogP contribution in [-0.2, 0) is 19.1 Å². The van der Waals surface area contributed by atoms with E-state index in [4.69, 9.17) is 17.0 Å². The Kier molecular flexibility index (Phi) is 7.30. The molecule has 156 valence electrons. The minimum absolute atomic E-state index is 0.0275. The minimum Gasteiger partial charge on any atom is -0.465 e. The molecule has 1 N–H and O–H groups in total. The van der Waals surface area contributed by atoms with Crippen LogP contribution in [0.15, 0.2) is 28.8 Å². The SMILES string of the molecule is COC(=O)C1=CC2=NC(=S)N(CCCC(=O)NC3CCCCCC3)C(=O)C2C=C1. The number of aliphatic imine (C=N–C) groups is 1. The molecular formula is C21H27N3O4S. The predicted molar refractivity (Wildman–Crippen MR) is 113 cm³/mol. The molecule has 0 aromatic heterocycles. The lowest BCUT2D eigenvalue weighted by atomic mass is 9.92. The first kappa shape index (κ1) is 21.4. The van der Waals surface area contributed by atoms with Crippen LogP contribution in [0.5, 0.6) is 0 Å². The van der Waals surface area contributed by atoms with E-state index in [1.807, 2.05) is 0 Å². The monoisotopic (exact) mass is 417 g/mol. The molecule has 1 heterocycles. The molecule has 1 aliphatic heterocycles. The quantitative estimate of drug-likeness (QED) is 0.407. The van der Waals surface area contributed by atoms with Crippen LogP contribution in [0.3, 0.4) is 0 Å². The van der Waals surface area contributed by atoms with Gasteiger partial charge in [-0.2, -0.15) is 0 Å². The van der Waals surface area contributed by atoms with Crippen LogP contribution in [0.1, 0.15) is 51.4 Å². The average Bonchev–Trinajstić information content (AvgIpc) is 2.98. The number of esters is 1. The van der Waals surface area contributed by atoms with Gasteiger partial charge in [0.1, 0.15) is 0 Å². The largest absolute Gasteiger partial charge is 0.465 e. The third kappa shape index (κ3) is 5.38.